The number of aryl methyl sites for hydroxylation is 1. The highest BCUT2D eigenvalue weighted by Crippen LogP contribution is 2.24. The van der Waals surface area contributed by atoms with Crippen LogP contribution in [0.15, 0.2) is 53.4 Å². The highest BCUT2D eigenvalue weighted by Gasteiger charge is 2.16. The molecule has 1 N–H and O–H groups in total. The molecule has 2 heterocycles. The molecule has 0 saturated carbocycles. The number of benzene rings is 2. The summed E-state index contributed by atoms with van der Waals surface area (Å²) in [7, 11) is 0. The van der Waals surface area contributed by atoms with Crippen LogP contribution in [0.5, 0.6) is 0 Å². The molecule has 2 aromatic carbocycles. The van der Waals surface area contributed by atoms with Crippen molar-refractivity contribution in [2.24, 2.45) is 0 Å². The highest BCUT2D eigenvalue weighted by molar-refractivity contribution is 7.98. The Balaban J connectivity index is 1.49. The number of carbonyl (C=O) groups is 1. The van der Waals surface area contributed by atoms with Crippen molar-refractivity contribution >= 4 is 23.4 Å². The van der Waals surface area contributed by atoms with Crippen LogP contribution in [0.25, 0.3) is 11.4 Å². The first kappa shape index (κ1) is 17.8. The van der Waals surface area contributed by atoms with E-state index >= 15 is 0 Å². The number of rotatable bonds is 4. The van der Waals surface area contributed by atoms with Crippen molar-refractivity contribution in [1.82, 2.24) is 14.8 Å². The second-order valence-corrected chi connectivity index (χ2v) is 7.54. The number of anilines is 1. The molecule has 0 fully saturated rings. The smallest absolute Gasteiger partial charge is 0.255 e. The molecule has 0 bridgehead atoms. The van der Waals surface area contributed by atoms with Gasteiger partial charge in [-0.05, 0) is 67.6 Å². The molecule has 1 aliphatic heterocycles. The molecule has 138 valence electrons. The molecular weight excluding hydrogens is 356 g/mol. The minimum absolute atomic E-state index is 0.105. The van der Waals surface area contributed by atoms with Crippen molar-refractivity contribution in [2.45, 2.75) is 37.1 Å². The van der Waals surface area contributed by atoms with Crippen molar-refractivity contribution < 1.29 is 4.79 Å². The van der Waals surface area contributed by atoms with Crippen molar-refractivity contribution in [3.63, 3.8) is 0 Å². The Morgan fingerprint density at radius 1 is 1.00 bits per heavy atom. The number of carbonyl (C=O) groups excluding carboxylic acids is 1. The fourth-order valence-electron chi connectivity index (χ4n) is 3.35. The molecule has 0 radical (unpaired) electrons. The van der Waals surface area contributed by atoms with Gasteiger partial charge in [0.2, 0.25) is 0 Å². The van der Waals surface area contributed by atoms with Crippen LogP contribution in [0.1, 0.15) is 35.4 Å². The first-order valence-corrected chi connectivity index (χ1v) is 10.4. The molecule has 4 rings (SSSR count). The molecule has 1 amide bonds. The number of thioether (sulfide) groups is 1. The summed E-state index contributed by atoms with van der Waals surface area (Å²) >= 11 is 1.66. The third-order valence-corrected chi connectivity index (χ3v) is 5.61. The van der Waals surface area contributed by atoms with Crippen molar-refractivity contribution in [3.8, 4) is 11.4 Å². The van der Waals surface area contributed by atoms with Crippen molar-refractivity contribution in [1.29, 1.82) is 0 Å². The molecule has 0 atom stereocenters. The van der Waals surface area contributed by atoms with E-state index in [4.69, 9.17) is 0 Å². The zero-order valence-electron chi connectivity index (χ0n) is 15.3. The number of fused-ring (bicyclic) bond motifs is 1. The Morgan fingerprint density at radius 2 is 1.78 bits per heavy atom. The van der Waals surface area contributed by atoms with Crippen LogP contribution in [-0.4, -0.2) is 26.9 Å². The van der Waals surface area contributed by atoms with Gasteiger partial charge in [0.1, 0.15) is 5.82 Å². The van der Waals surface area contributed by atoms with Crippen LogP contribution in [0.4, 0.5) is 5.69 Å². The number of hydrogen-bond donors (Lipinski definition) is 1. The van der Waals surface area contributed by atoms with Crippen LogP contribution in [0.2, 0.25) is 0 Å². The number of nitrogens with one attached hydrogen (secondary N) is 1. The first-order valence-electron chi connectivity index (χ1n) is 9.22. The maximum absolute atomic E-state index is 12.4. The molecule has 5 nitrogen and oxygen atoms in total. The van der Waals surface area contributed by atoms with E-state index in [-0.39, 0.29) is 5.91 Å². The summed E-state index contributed by atoms with van der Waals surface area (Å²) in [6, 6.07) is 15.4. The largest absolute Gasteiger partial charge is 0.322 e. The third-order valence-electron chi connectivity index (χ3n) is 4.86. The normalized spacial score (nSPS) is 13.7. The molecule has 27 heavy (non-hydrogen) atoms. The van der Waals surface area contributed by atoms with Gasteiger partial charge >= 0.3 is 0 Å². The molecule has 0 spiro atoms. The van der Waals surface area contributed by atoms with Crippen LogP contribution in [-0.2, 0) is 13.0 Å². The van der Waals surface area contributed by atoms with Gasteiger partial charge < -0.3 is 9.88 Å². The van der Waals surface area contributed by atoms with Gasteiger partial charge in [0, 0.05) is 34.7 Å². The summed E-state index contributed by atoms with van der Waals surface area (Å²) in [5.41, 5.74) is 2.45. The molecular formula is C21H22N4OS. The zero-order chi connectivity index (χ0) is 18.6. The molecule has 1 aliphatic rings. The molecule has 1 aromatic heterocycles. The maximum atomic E-state index is 12.4. The molecule has 3 aromatic rings. The monoisotopic (exact) mass is 378 g/mol. The number of aromatic nitrogens is 3. The topological polar surface area (TPSA) is 59.8 Å². The second kappa shape index (κ2) is 7.96. The molecule has 0 unspecified atom stereocenters. The van der Waals surface area contributed by atoms with E-state index in [0.717, 1.165) is 40.8 Å². The maximum Gasteiger partial charge on any atom is 0.255 e. The van der Waals surface area contributed by atoms with E-state index in [1.165, 1.54) is 19.3 Å². The number of hydrogen-bond acceptors (Lipinski definition) is 4. The Kier molecular flexibility index (Phi) is 5.25. The summed E-state index contributed by atoms with van der Waals surface area (Å²) in [6.45, 7) is 0.974. The molecule has 6 heteroatoms. The lowest BCUT2D eigenvalue weighted by Gasteiger charge is -2.09. The number of amides is 1. The Bertz CT molecular complexity index is 932. The quantitative estimate of drug-likeness (QED) is 0.672. The lowest BCUT2D eigenvalue weighted by Crippen LogP contribution is -2.11. The highest BCUT2D eigenvalue weighted by atomic mass is 32.2. The van der Waals surface area contributed by atoms with Crippen LogP contribution in [0, 0.1) is 0 Å². The van der Waals surface area contributed by atoms with Gasteiger partial charge in [-0.2, -0.15) is 0 Å². The van der Waals surface area contributed by atoms with Gasteiger partial charge in [0.25, 0.3) is 5.91 Å². The van der Waals surface area contributed by atoms with Gasteiger partial charge in [-0.25, -0.2) is 0 Å². The van der Waals surface area contributed by atoms with Crippen molar-refractivity contribution in [2.75, 3.05) is 11.6 Å². The van der Waals surface area contributed by atoms with Gasteiger partial charge in [-0.15, -0.1) is 22.0 Å². The Hall–Kier alpha value is -2.60. The summed E-state index contributed by atoms with van der Waals surface area (Å²) in [4.78, 5) is 13.6. The SMILES string of the molecule is CSc1ccc(C(=O)Nc2ccc(-c3nnc4n3CCCCC4)cc2)cc1. The van der Waals surface area contributed by atoms with Crippen LogP contribution in [0.3, 0.4) is 0 Å². The van der Waals surface area contributed by atoms with Gasteiger partial charge in [0.05, 0.1) is 0 Å². The third kappa shape index (κ3) is 3.90. The average Bonchev–Trinajstić information content (AvgIpc) is 2.96. The van der Waals surface area contributed by atoms with Crippen molar-refractivity contribution in [3.05, 3.63) is 59.9 Å². The fraction of sp³-hybridized carbons (Fsp3) is 0.286. The van der Waals surface area contributed by atoms with E-state index in [1.54, 1.807) is 11.8 Å². The predicted octanol–water partition coefficient (Wildman–Crippen LogP) is 4.65. The molecule has 0 aliphatic carbocycles. The minimum atomic E-state index is -0.105. The van der Waals surface area contributed by atoms with Gasteiger partial charge in [-0.1, -0.05) is 6.42 Å². The van der Waals surface area contributed by atoms with E-state index in [0.29, 0.717) is 5.56 Å². The summed E-state index contributed by atoms with van der Waals surface area (Å²) in [6.07, 6.45) is 6.61. The second-order valence-electron chi connectivity index (χ2n) is 6.66. The van der Waals surface area contributed by atoms with Crippen LogP contribution >= 0.6 is 11.8 Å². The van der Waals surface area contributed by atoms with Gasteiger partial charge in [0.15, 0.2) is 5.82 Å². The lowest BCUT2D eigenvalue weighted by molar-refractivity contribution is 0.102. The summed E-state index contributed by atoms with van der Waals surface area (Å²) in [5.74, 6) is 1.89. The minimum Gasteiger partial charge on any atom is -0.322 e. The van der Waals surface area contributed by atoms with E-state index in [2.05, 4.69) is 20.1 Å². The Labute approximate surface area is 163 Å². The van der Waals surface area contributed by atoms with Gasteiger partial charge in [-0.3, -0.25) is 4.79 Å². The lowest BCUT2D eigenvalue weighted by atomic mass is 10.1. The average molecular weight is 379 g/mol. The predicted molar refractivity (Wildman–Crippen MR) is 109 cm³/mol. The Morgan fingerprint density at radius 3 is 2.52 bits per heavy atom. The van der Waals surface area contributed by atoms with Crippen LogP contribution < -0.4 is 5.32 Å². The first-order chi connectivity index (χ1) is 13.2. The summed E-state index contributed by atoms with van der Waals surface area (Å²) < 4.78 is 2.23. The summed E-state index contributed by atoms with van der Waals surface area (Å²) in [5, 5.41) is 11.7. The number of nitrogens with zero attached hydrogens (tertiary/aromatic N) is 3. The molecule has 0 saturated heterocycles. The standard InChI is InChI=1S/C21H22N4OS/c1-27-18-12-8-16(9-13-18)21(26)22-17-10-6-15(7-11-17)20-24-23-19-5-3-2-4-14-25(19)20/h6-13H,2-5,14H2,1H3,(H,22,26). The van der Waals surface area contributed by atoms with E-state index in [9.17, 15) is 4.79 Å². The zero-order valence-corrected chi connectivity index (χ0v) is 16.1. The van der Waals surface area contributed by atoms with E-state index < -0.39 is 0 Å². The fourth-order valence-corrected chi connectivity index (χ4v) is 3.76. The van der Waals surface area contributed by atoms with E-state index in [1.807, 2.05) is 54.8 Å².